The fourth-order valence-corrected chi connectivity index (χ4v) is 3.87. The number of hydrogen-bond donors (Lipinski definition) is 2. The molecule has 2 amide bonds. The first-order valence-corrected chi connectivity index (χ1v) is 9.81. The van der Waals surface area contributed by atoms with Crippen LogP contribution in [0.15, 0.2) is 18.2 Å². The molecular formula is C15H18N2O5S2. The zero-order valence-corrected chi connectivity index (χ0v) is 14.8. The minimum Gasteiger partial charge on any atom is -0.295 e. The number of piperidine rings is 1. The zero-order chi connectivity index (χ0) is 17.5. The number of rotatable bonds is 4. The highest BCUT2D eigenvalue weighted by atomic mass is 32.2. The van der Waals surface area contributed by atoms with Gasteiger partial charge in [-0.15, -0.1) is 0 Å². The highest BCUT2D eigenvalue weighted by Crippen LogP contribution is 2.39. The molecule has 2 aliphatic heterocycles. The zero-order valence-electron chi connectivity index (χ0n) is 13.1. The van der Waals surface area contributed by atoms with Crippen molar-refractivity contribution < 1.29 is 22.2 Å². The van der Waals surface area contributed by atoms with Gasteiger partial charge in [0.2, 0.25) is 11.8 Å². The van der Waals surface area contributed by atoms with Crippen molar-refractivity contribution in [3.63, 3.8) is 0 Å². The molecule has 1 saturated heterocycles. The van der Waals surface area contributed by atoms with E-state index in [2.05, 4.69) is 17.9 Å². The average molecular weight is 370 g/mol. The topological polar surface area (TPSA) is 92.8 Å². The molecule has 3 rings (SSSR count). The summed E-state index contributed by atoms with van der Waals surface area (Å²) in [4.78, 5) is 25.3. The van der Waals surface area contributed by atoms with Gasteiger partial charge in [-0.25, -0.2) is 0 Å². The molecule has 7 nitrogen and oxygen atoms in total. The lowest BCUT2D eigenvalue weighted by Crippen LogP contribution is -2.51. The van der Waals surface area contributed by atoms with E-state index < -0.39 is 16.2 Å². The molecule has 0 radical (unpaired) electrons. The normalized spacial score (nSPS) is 24.8. The third-order valence-corrected chi connectivity index (χ3v) is 5.33. The summed E-state index contributed by atoms with van der Waals surface area (Å²) in [5.41, 5.74) is 2.68. The number of fused-ring (bicyclic) bond motifs is 1. The molecule has 1 fully saturated rings. The van der Waals surface area contributed by atoms with Crippen LogP contribution in [0.4, 0.5) is 0 Å². The summed E-state index contributed by atoms with van der Waals surface area (Å²) >= 11 is 4.61. The van der Waals surface area contributed by atoms with Crippen molar-refractivity contribution in [2.75, 3.05) is 6.26 Å². The van der Waals surface area contributed by atoms with Crippen molar-refractivity contribution in [2.45, 2.75) is 37.4 Å². The van der Waals surface area contributed by atoms with E-state index in [1.54, 1.807) is 6.07 Å². The number of hydrogen-bond acceptors (Lipinski definition) is 7. The molecule has 0 aliphatic carbocycles. The largest absolute Gasteiger partial charge is 0.295 e. The molecule has 130 valence electrons. The molecule has 2 unspecified atom stereocenters. The number of carbonyl (C=O) groups excluding carboxylic acids is 2. The van der Waals surface area contributed by atoms with E-state index in [4.69, 9.17) is 4.18 Å². The van der Waals surface area contributed by atoms with Gasteiger partial charge in [0.05, 0.1) is 24.3 Å². The number of imide groups is 1. The predicted molar refractivity (Wildman–Crippen MR) is 89.5 cm³/mol. The van der Waals surface area contributed by atoms with E-state index in [1.807, 2.05) is 17.0 Å². The van der Waals surface area contributed by atoms with Gasteiger partial charge in [-0.05, 0) is 23.1 Å². The van der Waals surface area contributed by atoms with Gasteiger partial charge in [-0.3, -0.25) is 24.0 Å². The lowest BCUT2D eigenvalue weighted by molar-refractivity contribution is -0.137. The van der Waals surface area contributed by atoms with Crippen LogP contribution in [0.5, 0.6) is 0 Å². The van der Waals surface area contributed by atoms with Crippen LogP contribution < -0.4 is 5.32 Å². The number of benzene rings is 1. The summed E-state index contributed by atoms with van der Waals surface area (Å²) < 4.78 is 27.0. The molecular weight excluding hydrogens is 352 g/mol. The Morgan fingerprint density at radius 3 is 2.79 bits per heavy atom. The lowest BCUT2D eigenvalue weighted by atomic mass is 10.0. The van der Waals surface area contributed by atoms with Gasteiger partial charge in [-0.2, -0.15) is 21.0 Å². The predicted octanol–water partition coefficient (Wildman–Crippen LogP) is 0.712. The van der Waals surface area contributed by atoms with Crippen LogP contribution >= 0.6 is 12.6 Å². The van der Waals surface area contributed by atoms with E-state index in [-0.39, 0.29) is 23.8 Å². The van der Waals surface area contributed by atoms with E-state index in [0.29, 0.717) is 19.4 Å². The molecule has 2 heterocycles. The summed E-state index contributed by atoms with van der Waals surface area (Å²) in [6.45, 7) is 0.522. The Hall–Kier alpha value is -1.42. The molecule has 1 N–H and O–H groups in total. The number of amides is 2. The molecule has 1 aromatic carbocycles. The second-order valence-electron chi connectivity index (χ2n) is 6.01. The van der Waals surface area contributed by atoms with Crippen LogP contribution in [0.3, 0.4) is 0 Å². The first kappa shape index (κ1) is 17.4. The van der Waals surface area contributed by atoms with Crippen molar-refractivity contribution in [2.24, 2.45) is 0 Å². The maximum absolute atomic E-state index is 12.1. The Bertz CT molecular complexity index is 793. The van der Waals surface area contributed by atoms with Crippen LogP contribution in [-0.4, -0.2) is 37.4 Å². The maximum Gasteiger partial charge on any atom is 0.264 e. The van der Waals surface area contributed by atoms with Crippen LogP contribution in [0, 0.1) is 0 Å². The fourth-order valence-electron chi connectivity index (χ4n) is 3.03. The average Bonchev–Trinajstić information content (AvgIpc) is 2.81. The van der Waals surface area contributed by atoms with Gasteiger partial charge in [0, 0.05) is 13.0 Å². The van der Waals surface area contributed by atoms with Crippen LogP contribution in [0.25, 0.3) is 0 Å². The molecule has 2 atom stereocenters. The summed E-state index contributed by atoms with van der Waals surface area (Å²) in [5.74, 6) is -0.539. The van der Waals surface area contributed by atoms with E-state index >= 15 is 0 Å². The van der Waals surface area contributed by atoms with Crippen LogP contribution in [0.2, 0.25) is 0 Å². The number of nitrogens with one attached hydrogen (secondary N) is 1. The van der Waals surface area contributed by atoms with Gasteiger partial charge in [0.1, 0.15) is 0 Å². The quantitative estimate of drug-likeness (QED) is 0.461. The fraction of sp³-hybridized carbons (Fsp3) is 0.467. The Morgan fingerprint density at radius 1 is 1.38 bits per heavy atom. The molecule has 9 heteroatoms. The summed E-state index contributed by atoms with van der Waals surface area (Å²) in [6.07, 6.45) is 1.80. The molecule has 24 heavy (non-hydrogen) atoms. The van der Waals surface area contributed by atoms with Gasteiger partial charge in [0.15, 0.2) is 0 Å². The standard InChI is InChI=1S/C15H18N2O5S2/c1-24(20,21)22-8-9-2-3-10-7-17(15(23)11(10)6-9)12-4-5-13(18)16-14(12)19/h2-3,6,12,15,23H,4-5,7-8H2,1H3,(H,16,18,19). The van der Waals surface area contributed by atoms with E-state index in [0.717, 1.165) is 22.9 Å². The minimum atomic E-state index is -3.50. The highest BCUT2D eigenvalue weighted by Gasteiger charge is 2.39. The van der Waals surface area contributed by atoms with Crippen molar-refractivity contribution in [3.05, 3.63) is 34.9 Å². The van der Waals surface area contributed by atoms with Crippen molar-refractivity contribution in [1.29, 1.82) is 0 Å². The Kier molecular flexibility index (Phi) is 4.69. The Balaban J connectivity index is 1.76. The van der Waals surface area contributed by atoms with Gasteiger partial charge < -0.3 is 0 Å². The monoisotopic (exact) mass is 370 g/mol. The van der Waals surface area contributed by atoms with E-state index in [1.165, 1.54) is 0 Å². The second-order valence-corrected chi connectivity index (χ2v) is 8.15. The molecule has 0 spiro atoms. The highest BCUT2D eigenvalue weighted by molar-refractivity contribution is 7.85. The summed E-state index contributed by atoms with van der Waals surface area (Å²) in [5, 5.41) is 2.07. The smallest absolute Gasteiger partial charge is 0.264 e. The number of nitrogens with zero attached hydrogens (tertiary/aromatic N) is 1. The summed E-state index contributed by atoms with van der Waals surface area (Å²) in [7, 11) is -3.50. The Labute approximate surface area is 145 Å². The van der Waals surface area contributed by atoms with Crippen molar-refractivity contribution >= 4 is 34.6 Å². The van der Waals surface area contributed by atoms with Crippen LogP contribution in [0.1, 0.15) is 34.9 Å². The van der Waals surface area contributed by atoms with Crippen molar-refractivity contribution in [1.82, 2.24) is 10.2 Å². The molecule has 0 saturated carbocycles. The molecule has 0 bridgehead atoms. The van der Waals surface area contributed by atoms with Crippen LogP contribution in [-0.2, 0) is 37.0 Å². The lowest BCUT2D eigenvalue weighted by Gasteiger charge is -2.32. The third-order valence-electron chi connectivity index (χ3n) is 4.21. The third kappa shape index (κ3) is 3.64. The SMILES string of the molecule is CS(=O)(=O)OCc1ccc2c(c1)C(S)N(C1CCC(=O)NC1=O)C2. The number of carbonyl (C=O) groups is 2. The van der Waals surface area contributed by atoms with Gasteiger partial charge in [0.25, 0.3) is 10.1 Å². The maximum atomic E-state index is 12.1. The molecule has 0 aromatic heterocycles. The Morgan fingerprint density at radius 2 is 2.12 bits per heavy atom. The first-order valence-electron chi connectivity index (χ1n) is 7.48. The van der Waals surface area contributed by atoms with Gasteiger partial charge in [-0.1, -0.05) is 18.2 Å². The molecule has 2 aliphatic rings. The minimum absolute atomic E-state index is 0.0367. The first-order chi connectivity index (χ1) is 11.2. The molecule has 1 aromatic rings. The van der Waals surface area contributed by atoms with Gasteiger partial charge >= 0.3 is 0 Å². The summed E-state index contributed by atoms with van der Waals surface area (Å²) in [6, 6.07) is 5.15. The second kappa shape index (κ2) is 6.47. The van der Waals surface area contributed by atoms with Crippen molar-refractivity contribution in [3.8, 4) is 0 Å². The van der Waals surface area contributed by atoms with E-state index in [9.17, 15) is 18.0 Å². The number of thiol groups is 1.